The number of nitrogens with one attached hydrogen (secondary N) is 2. The molecule has 6 nitrogen and oxygen atoms in total. The highest BCUT2D eigenvalue weighted by Gasteiger charge is 2.10. The van der Waals surface area contributed by atoms with E-state index < -0.39 is 17.9 Å². The van der Waals surface area contributed by atoms with Crippen LogP contribution in [0.4, 0.5) is 10.5 Å². The van der Waals surface area contributed by atoms with Gasteiger partial charge in [0.1, 0.15) is 0 Å². The summed E-state index contributed by atoms with van der Waals surface area (Å²) in [5, 5.41) is 13.6. The van der Waals surface area contributed by atoms with E-state index in [9.17, 15) is 14.4 Å². The van der Waals surface area contributed by atoms with Crippen LogP contribution in [-0.4, -0.2) is 23.0 Å². The molecule has 108 valence electrons. The smallest absolute Gasteiger partial charge is 0.325 e. The number of carbonyl (C=O) groups is 3. The minimum Gasteiger partial charge on any atom is -0.481 e. The molecule has 0 saturated carbocycles. The molecule has 3 amide bonds. The molecule has 0 atom stereocenters. The van der Waals surface area contributed by atoms with Crippen molar-refractivity contribution in [1.82, 2.24) is 5.32 Å². The summed E-state index contributed by atoms with van der Waals surface area (Å²) in [6.45, 7) is 0. The summed E-state index contributed by atoms with van der Waals surface area (Å²) >= 11 is 7.79. The van der Waals surface area contributed by atoms with Crippen LogP contribution in [-0.2, 0) is 9.59 Å². The lowest BCUT2D eigenvalue weighted by molar-refractivity contribution is -0.137. The summed E-state index contributed by atoms with van der Waals surface area (Å²) in [5.41, 5.74) is 0.533. The number of carboxylic acids is 1. The van der Waals surface area contributed by atoms with E-state index in [2.05, 4.69) is 10.6 Å². The summed E-state index contributed by atoms with van der Waals surface area (Å²) in [7, 11) is 0. The van der Waals surface area contributed by atoms with Crippen LogP contribution < -0.4 is 10.6 Å². The molecule has 1 aromatic carbocycles. The highest BCUT2D eigenvalue weighted by Crippen LogP contribution is 2.22. The Morgan fingerprint density at radius 2 is 1.95 bits per heavy atom. The van der Waals surface area contributed by atoms with Crippen molar-refractivity contribution in [2.75, 3.05) is 5.32 Å². The molecule has 0 heterocycles. The van der Waals surface area contributed by atoms with E-state index >= 15 is 0 Å². The van der Waals surface area contributed by atoms with Crippen LogP contribution >= 0.6 is 34.2 Å². The number of urea groups is 1. The second-order valence-electron chi connectivity index (χ2n) is 3.87. The zero-order valence-corrected chi connectivity index (χ0v) is 13.2. The molecule has 8 heteroatoms. The summed E-state index contributed by atoms with van der Waals surface area (Å²) in [5.74, 6) is -1.49. The number of benzene rings is 1. The van der Waals surface area contributed by atoms with Gasteiger partial charge in [0.2, 0.25) is 5.91 Å². The van der Waals surface area contributed by atoms with Gasteiger partial charge < -0.3 is 10.4 Å². The van der Waals surface area contributed by atoms with Gasteiger partial charge in [-0.25, -0.2) is 4.79 Å². The molecule has 3 N–H and O–H groups in total. The molecule has 1 rings (SSSR count). The molecule has 0 aliphatic rings. The maximum Gasteiger partial charge on any atom is 0.325 e. The standard InChI is InChI=1S/C12H12ClIN2O4/c13-7-4-5-9(8(14)6-7)15-12(20)16-10(17)2-1-3-11(18)19/h4-6H,1-3H2,(H,18,19)(H2,15,16,17,20). The first-order valence-electron chi connectivity index (χ1n) is 5.66. The zero-order chi connectivity index (χ0) is 15.1. The largest absolute Gasteiger partial charge is 0.481 e. The predicted molar refractivity (Wildman–Crippen MR) is 82.8 cm³/mol. The van der Waals surface area contributed by atoms with Gasteiger partial charge in [0, 0.05) is 21.4 Å². The summed E-state index contributed by atoms with van der Waals surface area (Å²) < 4.78 is 0.739. The van der Waals surface area contributed by atoms with Gasteiger partial charge in [-0.1, -0.05) is 11.6 Å². The van der Waals surface area contributed by atoms with Crippen LogP contribution in [0, 0.1) is 3.57 Å². The molecule has 0 aliphatic heterocycles. The number of carbonyl (C=O) groups excluding carboxylic acids is 2. The van der Waals surface area contributed by atoms with Gasteiger partial charge in [-0.3, -0.25) is 14.9 Å². The van der Waals surface area contributed by atoms with Crippen molar-refractivity contribution in [3.63, 3.8) is 0 Å². The molecular formula is C12H12ClIN2O4. The fourth-order valence-corrected chi connectivity index (χ4v) is 2.34. The number of hydrogen-bond donors (Lipinski definition) is 3. The molecule has 0 unspecified atom stereocenters. The monoisotopic (exact) mass is 410 g/mol. The number of imide groups is 1. The minimum atomic E-state index is -0.974. The van der Waals surface area contributed by atoms with Gasteiger partial charge in [0.15, 0.2) is 0 Å². The zero-order valence-electron chi connectivity index (χ0n) is 10.3. The Balaban J connectivity index is 2.43. The maximum absolute atomic E-state index is 11.6. The van der Waals surface area contributed by atoms with Crippen LogP contribution in [0.1, 0.15) is 19.3 Å². The molecule has 0 bridgehead atoms. The molecule has 20 heavy (non-hydrogen) atoms. The number of amides is 3. The molecule has 0 radical (unpaired) electrons. The number of halogens is 2. The lowest BCUT2D eigenvalue weighted by Gasteiger charge is -2.08. The van der Waals surface area contributed by atoms with E-state index in [0.717, 1.165) is 3.57 Å². The average Bonchev–Trinajstić information content (AvgIpc) is 2.32. The summed E-state index contributed by atoms with van der Waals surface area (Å²) in [4.78, 5) is 33.2. The van der Waals surface area contributed by atoms with Crippen LogP contribution in [0.2, 0.25) is 5.02 Å². The first-order chi connectivity index (χ1) is 9.38. The van der Waals surface area contributed by atoms with E-state index in [1.165, 1.54) is 0 Å². The second-order valence-corrected chi connectivity index (χ2v) is 5.47. The van der Waals surface area contributed by atoms with Gasteiger partial charge in [0.25, 0.3) is 0 Å². The highest BCUT2D eigenvalue weighted by atomic mass is 127. The topological polar surface area (TPSA) is 95.5 Å². The minimum absolute atomic E-state index is 0.0164. The van der Waals surface area contributed by atoms with Crippen molar-refractivity contribution < 1.29 is 19.5 Å². The van der Waals surface area contributed by atoms with Gasteiger partial charge in [-0.05, 0) is 47.2 Å². The van der Waals surface area contributed by atoms with E-state index in [0.29, 0.717) is 10.7 Å². The molecule has 0 aromatic heterocycles. The molecular weight excluding hydrogens is 398 g/mol. The number of anilines is 1. The van der Waals surface area contributed by atoms with Crippen LogP contribution in [0.5, 0.6) is 0 Å². The Morgan fingerprint density at radius 3 is 2.55 bits per heavy atom. The third-order valence-corrected chi connectivity index (χ3v) is 3.35. The van der Waals surface area contributed by atoms with E-state index in [4.69, 9.17) is 16.7 Å². The van der Waals surface area contributed by atoms with Crippen molar-refractivity contribution >= 4 is 57.8 Å². The lowest BCUT2D eigenvalue weighted by Crippen LogP contribution is -2.34. The van der Waals surface area contributed by atoms with Crippen molar-refractivity contribution in [1.29, 1.82) is 0 Å². The normalized spacial score (nSPS) is 9.90. The first-order valence-corrected chi connectivity index (χ1v) is 7.12. The molecule has 0 aliphatic carbocycles. The third kappa shape index (κ3) is 6.20. The van der Waals surface area contributed by atoms with Crippen molar-refractivity contribution in [3.05, 3.63) is 26.8 Å². The molecule has 0 spiro atoms. The number of carboxylic acid groups (broad SMARTS) is 1. The van der Waals surface area contributed by atoms with E-state index in [1.807, 2.05) is 22.6 Å². The fraction of sp³-hybridized carbons (Fsp3) is 0.250. The van der Waals surface area contributed by atoms with Crippen molar-refractivity contribution in [2.45, 2.75) is 19.3 Å². The number of hydrogen-bond acceptors (Lipinski definition) is 3. The Labute approximate surface area is 134 Å². The Kier molecular flexibility index (Phi) is 6.73. The van der Waals surface area contributed by atoms with Gasteiger partial charge >= 0.3 is 12.0 Å². The maximum atomic E-state index is 11.6. The van der Waals surface area contributed by atoms with Crippen LogP contribution in [0.25, 0.3) is 0 Å². The second kappa shape index (κ2) is 8.05. The van der Waals surface area contributed by atoms with Gasteiger partial charge in [-0.2, -0.15) is 0 Å². The van der Waals surface area contributed by atoms with Crippen molar-refractivity contribution in [2.24, 2.45) is 0 Å². The Hall–Kier alpha value is -1.35. The van der Waals surface area contributed by atoms with E-state index in [1.54, 1.807) is 18.2 Å². The average molecular weight is 411 g/mol. The molecule has 1 aromatic rings. The molecule has 0 fully saturated rings. The quantitative estimate of drug-likeness (QED) is 0.651. The number of rotatable bonds is 5. The van der Waals surface area contributed by atoms with E-state index in [-0.39, 0.29) is 19.3 Å². The Bertz CT molecular complexity index is 536. The predicted octanol–water partition coefficient (Wildman–Crippen LogP) is 2.85. The third-order valence-electron chi connectivity index (χ3n) is 2.23. The van der Waals surface area contributed by atoms with Crippen LogP contribution in [0.15, 0.2) is 18.2 Å². The summed E-state index contributed by atoms with van der Waals surface area (Å²) in [6, 6.07) is 4.25. The van der Waals surface area contributed by atoms with Gasteiger partial charge in [0.05, 0.1) is 5.69 Å². The van der Waals surface area contributed by atoms with Crippen molar-refractivity contribution in [3.8, 4) is 0 Å². The lowest BCUT2D eigenvalue weighted by atomic mass is 10.2. The van der Waals surface area contributed by atoms with Crippen LogP contribution in [0.3, 0.4) is 0 Å². The Morgan fingerprint density at radius 1 is 1.25 bits per heavy atom. The SMILES string of the molecule is O=C(O)CCCC(=O)NC(=O)Nc1ccc(Cl)cc1I. The first kappa shape index (κ1) is 16.7. The fourth-order valence-electron chi connectivity index (χ4n) is 1.33. The molecule has 0 saturated heterocycles. The highest BCUT2D eigenvalue weighted by molar-refractivity contribution is 14.1. The summed E-state index contributed by atoms with van der Waals surface area (Å²) in [6.07, 6.45) is 0.0640. The van der Waals surface area contributed by atoms with Gasteiger partial charge in [-0.15, -0.1) is 0 Å². The number of aliphatic carboxylic acids is 1.